The Kier molecular flexibility index (Phi) is 14.0. The molecule has 0 radical (unpaired) electrons. The molecule has 1 atom stereocenters. The highest BCUT2D eigenvalue weighted by atomic mass is 17.3. The Hall–Kier alpha value is -1.50. The summed E-state index contributed by atoms with van der Waals surface area (Å²) in [5.74, 6) is -1.85. The molecule has 220 valence electrons. The van der Waals surface area contributed by atoms with E-state index in [0.717, 1.165) is 0 Å². The van der Waals surface area contributed by atoms with E-state index in [1.54, 1.807) is 13.8 Å². The smallest absolute Gasteiger partial charge is 0.426 e. The zero-order chi connectivity index (χ0) is 29.1. The van der Waals surface area contributed by atoms with E-state index in [9.17, 15) is 9.59 Å². The lowest BCUT2D eigenvalue weighted by Crippen LogP contribution is -2.45. The number of nitrogens with one attached hydrogen (secondary N) is 2. The van der Waals surface area contributed by atoms with E-state index in [-0.39, 0.29) is 12.8 Å². The first-order chi connectivity index (χ1) is 16.6. The fourth-order valence-corrected chi connectivity index (χ4v) is 2.36. The Morgan fingerprint density at radius 3 is 1.57 bits per heavy atom. The fourth-order valence-electron chi connectivity index (χ4n) is 2.36. The van der Waals surface area contributed by atoms with Crippen LogP contribution in [0, 0.1) is 0 Å². The molecule has 0 aliphatic rings. The second-order valence-corrected chi connectivity index (χ2v) is 12.3. The minimum absolute atomic E-state index is 0.0524. The third-order valence-corrected chi connectivity index (χ3v) is 5.30. The van der Waals surface area contributed by atoms with Crippen LogP contribution in [0.3, 0.4) is 0 Å². The Balaban J connectivity index is 4.77. The van der Waals surface area contributed by atoms with Crippen molar-refractivity contribution in [1.29, 1.82) is 0 Å². The summed E-state index contributed by atoms with van der Waals surface area (Å²) in [5.41, 5.74) is 2.29. The molecular weight excluding hydrogens is 484 g/mol. The van der Waals surface area contributed by atoms with Crippen molar-refractivity contribution >= 4 is 12.0 Å². The highest BCUT2D eigenvalue weighted by molar-refractivity contribution is 5.79. The van der Waals surface area contributed by atoms with Crippen LogP contribution in [0.4, 0.5) is 4.79 Å². The van der Waals surface area contributed by atoms with E-state index < -0.39 is 46.3 Å². The highest BCUT2D eigenvalue weighted by Crippen LogP contribution is 2.28. The third kappa shape index (κ3) is 17.6. The molecule has 0 saturated heterocycles. The van der Waals surface area contributed by atoms with Crippen LogP contribution >= 0.6 is 0 Å². The number of hydrogen-bond donors (Lipinski definition) is 2. The van der Waals surface area contributed by atoms with Gasteiger partial charge in [0, 0.05) is 19.3 Å². The first-order valence-corrected chi connectivity index (χ1v) is 13.0. The van der Waals surface area contributed by atoms with Crippen LogP contribution in [0.25, 0.3) is 0 Å². The normalized spacial score (nSPS) is 14.3. The second kappa shape index (κ2) is 14.6. The second-order valence-electron chi connectivity index (χ2n) is 12.3. The van der Waals surface area contributed by atoms with Crippen molar-refractivity contribution in [1.82, 2.24) is 10.9 Å². The molecule has 11 nitrogen and oxygen atoms in total. The Morgan fingerprint density at radius 1 is 0.676 bits per heavy atom. The molecule has 0 aromatic carbocycles. The molecular formula is C26H52N2O9. The average Bonchev–Trinajstić information content (AvgIpc) is 2.77. The zero-order valence-electron chi connectivity index (χ0n) is 25.3. The Bertz CT molecular complexity index is 683. The van der Waals surface area contributed by atoms with Crippen LogP contribution < -0.4 is 10.9 Å². The SMILES string of the molecule is CCC(C)(C)OOC(C)(CCC(=O)NNC(=O)OC(C)CC(C)(C)OOC(C)(C)C)OOC(C)(C)CC. The number of carbonyl (C=O) groups excluding carboxylic acids is 2. The van der Waals surface area contributed by atoms with Gasteiger partial charge in [-0.1, -0.05) is 13.8 Å². The van der Waals surface area contributed by atoms with E-state index in [1.165, 1.54) is 0 Å². The molecule has 1 unspecified atom stereocenters. The largest absolute Gasteiger partial charge is 0.445 e. The Morgan fingerprint density at radius 2 is 1.14 bits per heavy atom. The predicted octanol–water partition coefficient (Wildman–Crippen LogP) is 5.82. The maximum absolute atomic E-state index is 12.4. The molecule has 37 heavy (non-hydrogen) atoms. The number of hydrazine groups is 1. The minimum Gasteiger partial charge on any atom is -0.445 e. The van der Waals surface area contributed by atoms with E-state index in [4.69, 9.17) is 34.1 Å². The van der Waals surface area contributed by atoms with Crippen LogP contribution in [0.1, 0.15) is 122 Å². The van der Waals surface area contributed by atoms with Crippen LogP contribution in [0.5, 0.6) is 0 Å². The quantitative estimate of drug-likeness (QED) is 0.143. The van der Waals surface area contributed by atoms with Crippen molar-refractivity contribution in [3.05, 3.63) is 0 Å². The molecule has 0 fully saturated rings. The summed E-state index contributed by atoms with van der Waals surface area (Å²) in [6.07, 6.45) is 0.501. The summed E-state index contributed by atoms with van der Waals surface area (Å²) in [4.78, 5) is 57.6. The molecule has 0 saturated carbocycles. The van der Waals surface area contributed by atoms with E-state index in [1.807, 2.05) is 76.2 Å². The number of amides is 2. The van der Waals surface area contributed by atoms with Gasteiger partial charge in [-0.15, -0.1) is 0 Å². The van der Waals surface area contributed by atoms with Crippen LogP contribution in [0.2, 0.25) is 0 Å². The van der Waals surface area contributed by atoms with Gasteiger partial charge in [0.05, 0.1) is 16.8 Å². The molecule has 0 heterocycles. The van der Waals surface area contributed by atoms with Gasteiger partial charge < -0.3 is 4.74 Å². The zero-order valence-corrected chi connectivity index (χ0v) is 25.3. The molecule has 0 aliphatic heterocycles. The molecule has 0 aromatic rings. The van der Waals surface area contributed by atoms with Crippen molar-refractivity contribution in [3.63, 3.8) is 0 Å². The topological polar surface area (TPSA) is 123 Å². The monoisotopic (exact) mass is 536 g/mol. The summed E-state index contributed by atoms with van der Waals surface area (Å²) in [7, 11) is 0. The van der Waals surface area contributed by atoms with Gasteiger partial charge in [0.2, 0.25) is 11.7 Å². The first kappa shape index (κ1) is 35.5. The molecule has 0 rings (SSSR count). The summed E-state index contributed by atoms with van der Waals surface area (Å²) < 4.78 is 5.30. The van der Waals surface area contributed by atoms with Gasteiger partial charge >= 0.3 is 6.09 Å². The predicted molar refractivity (Wildman–Crippen MR) is 139 cm³/mol. The van der Waals surface area contributed by atoms with Crippen molar-refractivity contribution in [3.8, 4) is 0 Å². The summed E-state index contributed by atoms with van der Waals surface area (Å²) >= 11 is 0. The van der Waals surface area contributed by atoms with Crippen molar-refractivity contribution in [2.24, 2.45) is 0 Å². The van der Waals surface area contributed by atoms with Gasteiger partial charge in [0.25, 0.3) is 0 Å². The lowest BCUT2D eigenvalue weighted by Gasteiger charge is -2.34. The lowest BCUT2D eigenvalue weighted by molar-refractivity contribution is -0.539. The molecule has 0 aliphatic carbocycles. The number of rotatable bonds is 16. The van der Waals surface area contributed by atoms with Gasteiger partial charge in [-0.25, -0.2) is 29.8 Å². The minimum atomic E-state index is -1.37. The molecule has 0 aromatic heterocycles. The Labute approximate surface area is 223 Å². The van der Waals surface area contributed by atoms with Gasteiger partial charge in [-0.05, 0) is 89.0 Å². The maximum atomic E-state index is 12.4. The van der Waals surface area contributed by atoms with E-state index in [2.05, 4.69) is 10.9 Å². The molecule has 2 N–H and O–H groups in total. The van der Waals surface area contributed by atoms with E-state index >= 15 is 0 Å². The van der Waals surface area contributed by atoms with Gasteiger partial charge in [-0.3, -0.25) is 10.2 Å². The summed E-state index contributed by atoms with van der Waals surface area (Å²) in [6, 6.07) is 0. The molecule has 0 bridgehead atoms. The highest BCUT2D eigenvalue weighted by Gasteiger charge is 2.35. The third-order valence-electron chi connectivity index (χ3n) is 5.30. The van der Waals surface area contributed by atoms with Gasteiger partial charge in [-0.2, -0.15) is 9.78 Å². The molecule has 0 spiro atoms. The number of carbonyl (C=O) groups is 2. The van der Waals surface area contributed by atoms with E-state index in [0.29, 0.717) is 19.3 Å². The van der Waals surface area contributed by atoms with Crippen LogP contribution in [-0.2, 0) is 38.9 Å². The standard InChI is InChI=1S/C26H52N2O9/c1-14-23(7,8)33-36-26(13,37-34-24(9,10)15-2)17-16-20(29)27-28-21(30)31-19(3)18-25(11,12)35-32-22(4,5)6/h19H,14-18H2,1-13H3,(H,27,29)(H,28,30). The van der Waals surface area contributed by atoms with Crippen molar-refractivity contribution < 1.29 is 43.7 Å². The average molecular weight is 537 g/mol. The van der Waals surface area contributed by atoms with Crippen LogP contribution in [-0.4, -0.2) is 46.3 Å². The lowest BCUT2D eigenvalue weighted by atomic mass is 10.0. The van der Waals surface area contributed by atoms with Gasteiger partial charge in [0.1, 0.15) is 11.7 Å². The first-order valence-electron chi connectivity index (χ1n) is 13.0. The van der Waals surface area contributed by atoms with Gasteiger partial charge in [0.15, 0.2) is 0 Å². The molecule has 11 heteroatoms. The van der Waals surface area contributed by atoms with Crippen molar-refractivity contribution in [2.45, 2.75) is 156 Å². The summed E-state index contributed by atoms with van der Waals surface area (Å²) in [5, 5.41) is 0. The molecule has 2 amide bonds. The number of hydrogen-bond acceptors (Lipinski definition) is 9. The van der Waals surface area contributed by atoms with Crippen molar-refractivity contribution in [2.75, 3.05) is 0 Å². The maximum Gasteiger partial charge on any atom is 0.426 e. The summed E-state index contributed by atoms with van der Waals surface area (Å²) in [6.45, 7) is 24.0. The van der Waals surface area contributed by atoms with Crippen LogP contribution in [0.15, 0.2) is 0 Å². The number of ether oxygens (including phenoxy) is 1. The fraction of sp³-hybridized carbons (Fsp3) is 0.923.